The average molecular weight is 499 g/mol. The van der Waals surface area contributed by atoms with E-state index in [-0.39, 0.29) is 29.1 Å². The van der Waals surface area contributed by atoms with Crippen molar-refractivity contribution in [2.45, 2.75) is 25.2 Å². The lowest BCUT2D eigenvalue weighted by molar-refractivity contribution is -0.0507. The monoisotopic (exact) mass is 499 g/mol. The van der Waals surface area contributed by atoms with Crippen LogP contribution in [0, 0.1) is 5.82 Å². The number of aromatic nitrogens is 4. The van der Waals surface area contributed by atoms with Crippen molar-refractivity contribution >= 4 is 17.0 Å². The minimum absolute atomic E-state index is 0.00590. The van der Waals surface area contributed by atoms with Crippen LogP contribution >= 0.6 is 0 Å². The van der Waals surface area contributed by atoms with Crippen molar-refractivity contribution in [1.82, 2.24) is 19.5 Å². The molecule has 4 heterocycles. The third kappa shape index (κ3) is 3.93. The van der Waals surface area contributed by atoms with Gasteiger partial charge in [0.25, 0.3) is 0 Å². The summed E-state index contributed by atoms with van der Waals surface area (Å²) >= 11 is 0. The summed E-state index contributed by atoms with van der Waals surface area (Å²) in [6.07, 6.45) is 1.66. The molecule has 0 N–H and O–H groups in total. The van der Waals surface area contributed by atoms with Gasteiger partial charge in [0.15, 0.2) is 6.17 Å². The second-order valence-electron chi connectivity index (χ2n) is 8.67. The zero-order valence-electron chi connectivity index (χ0n) is 19.0. The predicted molar refractivity (Wildman–Crippen MR) is 123 cm³/mol. The van der Waals surface area contributed by atoms with Gasteiger partial charge in [-0.1, -0.05) is 18.2 Å². The largest absolute Gasteiger partial charge is 0.434 e. The lowest BCUT2D eigenvalue weighted by Gasteiger charge is -2.26. The maximum absolute atomic E-state index is 15.1. The summed E-state index contributed by atoms with van der Waals surface area (Å²) in [6, 6.07) is 8.48. The second kappa shape index (κ2) is 9.05. The van der Waals surface area contributed by atoms with Crippen molar-refractivity contribution in [2.24, 2.45) is 0 Å². The number of hydrogen-bond acceptors (Lipinski definition) is 6. The lowest BCUT2D eigenvalue weighted by Crippen LogP contribution is -2.37. The maximum atomic E-state index is 15.1. The molecule has 2 atom stereocenters. The first-order chi connectivity index (χ1) is 17.5. The van der Waals surface area contributed by atoms with Gasteiger partial charge in [0.05, 0.1) is 30.3 Å². The molecule has 6 rings (SSSR count). The van der Waals surface area contributed by atoms with Crippen LogP contribution < -0.4 is 9.64 Å². The van der Waals surface area contributed by atoms with Gasteiger partial charge in [-0.25, -0.2) is 23.7 Å². The Morgan fingerprint density at radius 3 is 2.56 bits per heavy atom. The number of halogens is 4. The summed E-state index contributed by atoms with van der Waals surface area (Å²) < 4.78 is 67.8. The van der Waals surface area contributed by atoms with Crippen LogP contribution in [0.2, 0.25) is 0 Å². The zero-order chi connectivity index (χ0) is 24.8. The maximum Gasteiger partial charge on any atom is 0.387 e. The first kappa shape index (κ1) is 22.7. The van der Waals surface area contributed by atoms with E-state index in [1.54, 1.807) is 41.2 Å². The van der Waals surface area contributed by atoms with Crippen LogP contribution in [-0.4, -0.2) is 52.4 Å². The van der Waals surface area contributed by atoms with E-state index >= 15 is 8.78 Å². The molecule has 2 unspecified atom stereocenters. The molecule has 11 heteroatoms. The molecule has 0 bridgehead atoms. The Morgan fingerprint density at radius 2 is 1.81 bits per heavy atom. The molecule has 2 aliphatic rings. The van der Waals surface area contributed by atoms with Crippen molar-refractivity contribution in [3.63, 3.8) is 0 Å². The summed E-state index contributed by atoms with van der Waals surface area (Å²) in [4.78, 5) is 15.1. The quantitative estimate of drug-likeness (QED) is 0.357. The molecule has 2 aromatic heterocycles. The molecule has 186 valence electrons. The summed E-state index contributed by atoms with van der Waals surface area (Å²) in [5.74, 6) is 0.0753. The van der Waals surface area contributed by atoms with Gasteiger partial charge in [-0.3, -0.25) is 0 Å². The van der Waals surface area contributed by atoms with Crippen LogP contribution in [0.25, 0.3) is 22.2 Å². The van der Waals surface area contributed by atoms with Gasteiger partial charge in [-0.05, 0) is 12.1 Å². The Balaban J connectivity index is 1.41. The van der Waals surface area contributed by atoms with E-state index in [0.717, 1.165) is 0 Å². The molecule has 0 saturated carbocycles. The zero-order valence-corrected chi connectivity index (χ0v) is 19.0. The molecular formula is C25H21F4N5O2. The van der Waals surface area contributed by atoms with Crippen molar-refractivity contribution < 1.29 is 27.0 Å². The Morgan fingerprint density at radius 1 is 1.06 bits per heavy atom. The van der Waals surface area contributed by atoms with Crippen LogP contribution in [0.1, 0.15) is 30.0 Å². The topological polar surface area (TPSA) is 65.3 Å². The number of nitrogens with zero attached hydrogens (tertiary/aromatic N) is 5. The number of ether oxygens (including phenoxy) is 2. The molecular weight excluding hydrogens is 478 g/mol. The SMILES string of the molecule is Fc1cc2nc3n(c2cc1-c1cnc(N2CCOCC2)nc1)C(c1ccccc1OC(F)F)CC3F. The van der Waals surface area contributed by atoms with Crippen LogP contribution in [-0.2, 0) is 4.74 Å². The van der Waals surface area contributed by atoms with E-state index in [1.807, 2.05) is 4.90 Å². The van der Waals surface area contributed by atoms with Crippen LogP contribution in [0.4, 0.5) is 23.5 Å². The highest BCUT2D eigenvalue weighted by Gasteiger charge is 2.37. The summed E-state index contributed by atoms with van der Waals surface area (Å²) in [6.45, 7) is -0.502. The number of benzene rings is 2. The van der Waals surface area contributed by atoms with Gasteiger partial charge < -0.3 is 18.9 Å². The first-order valence-corrected chi connectivity index (χ1v) is 11.5. The smallest absolute Gasteiger partial charge is 0.387 e. The minimum atomic E-state index is -3.02. The molecule has 2 aromatic carbocycles. The van der Waals surface area contributed by atoms with Crippen molar-refractivity contribution in [3.05, 3.63) is 66.0 Å². The predicted octanol–water partition coefficient (Wildman–Crippen LogP) is 5.07. The number of fused-ring (bicyclic) bond motifs is 3. The van der Waals surface area contributed by atoms with E-state index in [4.69, 9.17) is 9.47 Å². The van der Waals surface area contributed by atoms with Gasteiger partial charge in [0, 0.05) is 54.7 Å². The van der Waals surface area contributed by atoms with Crippen LogP contribution in [0.15, 0.2) is 48.8 Å². The van der Waals surface area contributed by atoms with Crippen LogP contribution in [0.3, 0.4) is 0 Å². The molecule has 0 amide bonds. The molecule has 0 spiro atoms. The van der Waals surface area contributed by atoms with E-state index in [2.05, 4.69) is 15.0 Å². The second-order valence-corrected chi connectivity index (χ2v) is 8.67. The standard InChI is InChI=1S/C25H21F4N5O2/c26-17-10-19-21(9-16(17)14-12-30-25(31-13-14)33-5-7-35-8-6-33)34-20(11-18(27)23(34)32-19)15-3-1-2-4-22(15)36-24(28)29/h1-4,9-10,12-13,18,20,24H,5-8,11H2. The average Bonchev–Trinajstić information content (AvgIpc) is 3.41. The molecule has 4 aromatic rings. The number of rotatable bonds is 5. The summed E-state index contributed by atoms with van der Waals surface area (Å²) in [5.41, 5.74) is 1.85. The third-order valence-corrected chi connectivity index (χ3v) is 6.56. The fourth-order valence-electron chi connectivity index (χ4n) is 4.92. The molecule has 2 aliphatic heterocycles. The number of anilines is 1. The van der Waals surface area contributed by atoms with Crippen molar-refractivity contribution in [1.29, 1.82) is 0 Å². The summed E-state index contributed by atoms with van der Waals surface area (Å²) in [7, 11) is 0. The lowest BCUT2D eigenvalue weighted by atomic mass is 10.0. The normalized spacial score (nSPS) is 19.8. The molecule has 1 saturated heterocycles. The van der Waals surface area contributed by atoms with E-state index in [0.29, 0.717) is 48.9 Å². The molecule has 0 aliphatic carbocycles. The Hall–Kier alpha value is -3.73. The Kier molecular flexibility index (Phi) is 5.71. The van der Waals surface area contributed by atoms with Gasteiger partial charge in [0.2, 0.25) is 5.95 Å². The van der Waals surface area contributed by atoms with E-state index < -0.39 is 24.6 Å². The molecule has 0 radical (unpaired) electrons. The number of imidazole rings is 1. The Bertz CT molecular complexity index is 1410. The fraction of sp³-hybridized carbons (Fsp3) is 0.320. The number of alkyl halides is 3. The van der Waals surface area contributed by atoms with Crippen molar-refractivity contribution in [3.8, 4) is 16.9 Å². The Labute approximate surface area is 203 Å². The third-order valence-electron chi connectivity index (χ3n) is 6.56. The highest BCUT2D eigenvalue weighted by molar-refractivity contribution is 5.83. The first-order valence-electron chi connectivity index (χ1n) is 11.5. The molecule has 7 nitrogen and oxygen atoms in total. The van der Waals surface area contributed by atoms with E-state index in [1.165, 1.54) is 12.1 Å². The summed E-state index contributed by atoms with van der Waals surface area (Å²) in [5, 5.41) is 0. The van der Waals surface area contributed by atoms with Gasteiger partial charge >= 0.3 is 6.61 Å². The molecule has 1 fully saturated rings. The van der Waals surface area contributed by atoms with Gasteiger partial charge in [-0.15, -0.1) is 0 Å². The number of morpholine rings is 1. The van der Waals surface area contributed by atoms with Gasteiger partial charge in [0.1, 0.15) is 17.4 Å². The number of para-hydroxylation sites is 1. The van der Waals surface area contributed by atoms with E-state index in [9.17, 15) is 8.78 Å². The molecule has 36 heavy (non-hydrogen) atoms. The fourth-order valence-corrected chi connectivity index (χ4v) is 4.92. The van der Waals surface area contributed by atoms with Gasteiger partial charge in [-0.2, -0.15) is 8.78 Å². The highest BCUT2D eigenvalue weighted by Crippen LogP contribution is 2.46. The minimum Gasteiger partial charge on any atom is -0.434 e. The highest BCUT2D eigenvalue weighted by atomic mass is 19.3. The number of hydrogen-bond donors (Lipinski definition) is 0. The van der Waals surface area contributed by atoms with Crippen molar-refractivity contribution in [2.75, 3.05) is 31.2 Å². The van der Waals surface area contributed by atoms with Crippen LogP contribution in [0.5, 0.6) is 5.75 Å².